The van der Waals surface area contributed by atoms with Crippen molar-refractivity contribution in [2.75, 3.05) is 26.4 Å². The molecule has 148 valence electrons. The molecule has 0 spiro atoms. The third kappa shape index (κ3) is 9.12. The third-order valence-corrected chi connectivity index (χ3v) is 3.02. The molecule has 0 rings (SSSR count). The number of hydrogen-bond donors (Lipinski definition) is 12. The Bertz CT molecular complexity index is 237. The number of aliphatic hydroxyl groups is 12. The lowest BCUT2D eigenvalue weighted by molar-refractivity contribution is -0.123. The normalized spacial score (nSPS) is 21.5. The molecule has 8 atom stereocenters. The number of rotatable bonds is 10. The molecule has 0 aromatic rings. The van der Waals surface area contributed by atoms with Crippen LogP contribution in [-0.2, 0) is 0 Å². The molecule has 0 aromatic heterocycles. The van der Waals surface area contributed by atoms with Gasteiger partial charge in [0.15, 0.2) is 0 Å². The molecular weight excluding hydrogens is 336 g/mol. The molecule has 0 heterocycles. The fourth-order valence-corrected chi connectivity index (χ4v) is 1.34. The van der Waals surface area contributed by atoms with Gasteiger partial charge in [0.1, 0.15) is 48.8 Å². The van der Waals surface area contributed by atoms with Crippen molar-refractivity contribution in [3.8, 4) is 0 Å². The molecule has 0 bridgehead atoms. The average Bonchev–Trinajstić information content (AvgIpc) is 2.62. The van der Waals surface area contributed by atoms with Crippen LogP contribution in [0, 0.1) is 0 Å². The minimum atomic E-state index is -1.67. The van der Waals surface area contributed by atoms with E-state index in [2.05, 4.69) is 0 Å². The molecule has 12 nitrogen and oxygen atoms in total. The third-order valence-electron chi connectivity index (χ3n) is 3.02. The van der Waals surface area contributed by atoms with Crippen LogP contribution in [-0.4, -0.2) is 137 Å². The van der Waals surface area contributed by atoms with E-state index in [0.29, 0.717) is 0 Å². The van der Waals surface area contributed by atoms with Crippen LogP contribution in [0.4, 0.5) is 0 Å². The molecule has 0 aliphatic heterocycles. The topological polar surface area (TPSA) is 243 Å². The summed E-state index contributed by atoms with van der Waals surface area (Å²) < 4.78 is 0. The Kier molecular flexibility index (Phi) is 14.8. The summed E-state index contributed by atoms with van der Waals surface area (Å²) in [6, 6.07) is 0. The Hall–Kier alpha value is -0.480. The maximum atomic E-state index is 8.96. The summed E-state index contributed by atoms with van der Waals surface area (Å²) in [7, 11) is 0. The van der Waals surface area contributed by atoms with Crippen LogP contribution in [0.1, 0.15) is 0 Å². The standard InChI is InChI=1S/2C6H14O6/c2*7-1-3(9)5(11)6(12)4(10)2-8/h2*3-12H,1-2H2/t3-,4+,5-,6-;3-,4-,5-,6+/m00/s1. The van der Waals surface area contributed by atoms with E-state index in [1.807, 2.05) is 0 Å². The van der Waals surface area contributed by atoms with Crippen molar-refractivity contribution in [1.82, 2.24) is 0 Å². The molecule has 0 radical (unpaired) electrons. The Morgan fingerprint density at radius 1 is 0.333 bits per heavy atom. The Morgan fingerprint density at radius 2 is 0.458 bits per heavy atom. The van der Waals surface area contributed by atoms with Gasteiger partial charge >= 0.3 is 0 Å². The highest BCUT2D eigenvalue weighted by Crippen LogP contribution is 2.04. The lowest BCUT2D eigenvalue weighted by Crippen LogP contribution is -2.46. The van der Waals surface area contributed by atoms with E-state index < -0.39 is 75.3 Å². The Morgan fingerprint density at radius 3 is 0.542 bits per heavy atom. The van der Waals surface area contributed by atoms with Crippen LogP contribution in [0.15, 0.2) is 0 Å². The monoisotopic (exact) mass is 364 g/mol. The molecular formula is C12H28O12. The van der Waals surface area contributed by atoms with Crippen molar-refractivity contribution in [3.05, 3.63) is 0 Å². The zero-order valence-electron chi connectivity index (χ0n) is 12.8. The molecule has 0 fully saturated rings. The molecule has 24 heavy (non-hydrogen) atoms. The van der Waals surface area contributed by atoms with Crippen molar-refractivity contribution in [3.63, 3.8) is 0 Å². The smallest absolute Gasteiger partial charge is 0.111 e. The first-order valence-electron chi connectivity index (χ1n) is 6.96. The second-order valence-electron chi connectivity index (χ2n) is 4.96. The van der Waals surface area contributed by atoms with Gasteiger partial charge in [-0.3, -0.25) is 0 Å². The molecule has 12 N–H and O–H groups in total. The van der Waals surface area contributed by atoms with E-state index in [-0.39, 0.29) is 0 Å². The van der Waals surface area contributed by atoms with Crippen LogP contribution in [0.2, 0.25) is 0 Å². The van der Waals surface area contributed by atoms with Crippen molar-refractivity contribution in [1.29, 1.82) is 0 Å². The maximum Gasteiger partial charge on any atom is 0.111 e. The largest absolute Gasteiger partial charge is 0.394 e. The second-order valence-corrected chi connectivity index (χ2v) is 4.96. The molecule has 0 aliphatic carbocycles. The minimum absolute atomic E-state index is 0.726. The van der Waals surface area contributed by atoms with Gasteiger partial charge in [-0.25, -0.2) is 0 Å². The van der Waals surface area contributed by atoms with Crippen LogP contribution < -0.4 is 0 Å². The van der Waals surface area contributed by atoms with Crippen molar-refractivity contribution >= 4 is 0 Å². The highest BCUT2D eigenvalue weighted by Gasteiger charge is 2.30. The SMILES string of the molecule is OC[C@@H](O)[C@H](O)[C@@H](O)[C@@H](O)CO.OC[C@H](O)[C@H](O)[C@H](O)[C@@H](O)CO. The fourth-order valence-electron chi connectivity index (χ4n) is 1.34. The highest BCUT2D eigenvalue weighted by molar-refractivity contribution is 4.80. The Balaban J connectivity index is 0. The van der Waals surface area contributed by atoms with Crippen molar-refractivity contribution in [2.24, 2.45) is 0 Å². The zero-order valence-corrected chi connectivity index (χ0v) is 12.8. The molecule has 0 aliphatic rings. The fraction of sp³-hybridized carbons (Fsp3) is 1.00. The highest BCUT2D eigenvalue weighted by atomic mass is 16.4. The van der Waals surface area contributed by atoms with Crippen molar-refractivity contribution in [2.45, 2.75) is 48.8 Å². The molecule has 0 saturated heterocycles. The first-order valence-corrected chi connectivity index (χ1v) is 6.96. The summed E-state index contributed by atoms with van der Waals surface area (Å²) in [4.78, 5) is 0. The summed E-state index contributed by atoms with van der Waals surface area (Å²) >= 11 is 0. The van der Waals surface area contributed by atoms with Gasteiger partial charge < -0.3 is 61.3 Å². The minimum Gasteiger partial charge on any atom is -0.394 e. The zero-order chi connectivity index (χ0) is 19.4. The van der Waals surface area contributed by atoms with Crippen LogP contribution in [0.3, 0.4) is 0 Å². The first kappa shape index (κ1) is 25.8. The lowest BCUT2D eigenvalue weighted by Gasteiger charge is -2.24. The van der Waals surface area contributed by atoms with Gasteiger partial charge in [-0.2, -0.15) is 0 Å². The molecule has 0 unspecified atom stereocenters. The summed E-state index contributed by atoms with van der Waals surface area (Å²) in [5.74, 6) is 0. The molecule has 0 aromatic carbocycles. The van der Waals surface area contributed by atoms with Gasteiger partial charge in [0.05, 0.1) is 26.4 Å². The van der Waals surface area contributed by atoms with E-state index in [0.717, 1.165) is 0 Å². The predicted molar refractivity (Wildman–Crippen MR) is 76.4 cm³/mol. The summed E-state index contributed by atoms with van der Waals surface area (Å²) in [5, 5.41) is 104. The lowest BCUT2D eigenvalue weighted by atomic mass is 10.0. The van der Waals surface area contributed by atoms with E-state index in [1.54, 1.807) is 0 Å². The molecule has 0 saturated carbocycles. The average molecular weight is 364 g/mol. The van der Waals surface area contributed by atoms with Crippen LogP contribution >= 0.6 is 0 Å². The quantitative estimate of drug-likeness (QED) is 0.173. The van der Waals surface area contributed by atoms with Crippen molar-refractivity contribution < 1.29 is 61.3 Å². The predicted octanol–water partition coefficient (Wildman–Crippen LogP) is -7.17. The summed E-state index contributed by atoms with van der Waals surface area (Å²) in [6.07, 6.45) is -12.8. The van der Waals surface area contributed by atoms with E-state index in [1.165, 1.54) is 0 Å². The molecule has 12 heteroatoms. The van der Waals surface area contributed by atoms with Gasteiger partial charge in [-0.05, 0) is 0 Å². The van der Waals surface area contributed by atoms with E-state index in [4.69, 9.17) is 61.3 Å². The number of hydrogen-bond acceptors (Lipinski definition) is 12. The van der Waals surface area contributed by atoms with Gasteiger partial charge in [-0.1, -0.05) is 0 Å². The van der Waals surface area contributed by atoms with Crippen LogP contribution in [0.5, 0.6) is 0 Å². The Labute approximate surface area is 137 Å². The van der Waals surface area contributed by atoms with E-state index >= 15 is 0 Å². The summed E-state index contributed by atoms with van der Waals surface area (Å²) in [5.41, 5.74) is 0. The molecule has 0 amide bonds. The first-order chi connectivity index (χ1) is 11.1. The van der Waals surface area contributed by atoms with Gasteiger partial charge in [0.2, 0.25) is 0 Å². The maximum absolute atomic E-state index is 8.96. The van der Waals surface area contributed by atoms with Gasteiger partial charge in [0.25, 0.3) is 0 Å². The van der Waals surface area contributed by atoms with Crippen LogP contribution in [0.25, 0.3) is 0 Å². The van der Waals surface area contributed by atoms with Gasteiger partial charge in [-0.15, -0.1) is 0 Å². The second kappa shape index (κ2) is 13.8. The van der Waals surface area contributed by atoms with E-state index in [9.17, 15) is 0 Å². The summed E-state index contributed by atoms with van der Waals surface area (Å²) in [6.45, 7) is -2.90. The van der Waals surface area contributed by atoms with Gasteiger partial charge in [0, 0.05) is 0 Å². The number of aliphatic hydroxyl groups excluding tert-OH is 12.